The Hall–Kier alpha value is -0.750. The summed E-state index contributed by atoms with van der Waals surface area (Å²) >= 11 is 1.72. The third-order valence-corrected chi connectivity index (χ3v) is 2.62. The number of amides is 1. The van der Waals surface area contributed by atoms with Crippen LogP contribution in [-0.2, 0) is 9.53 Å². The molecule has 1 amide bonds. The second-order valence-electron chi connectivity index (χ2n) is 3.02. The molecule has 14 heavy (non-hydrogen) atoms. The molecular formula is C8H15N3O2S. The lowest BCUT2D eigenvalue weighted by Crippen LogP contribution is -2.26. The molecule has 0 fully saturated rings. The van der Waals surface area contributed by atoms with E-state index >= 15 is 0 Å². The van der Waals surface area contributed by atoms with Gasteiger partial charge in [-0.05, 0) is 0 Å². The highest BCUT2D eigenvalue weighted by atomic mass is 32.2. The van der Waals surface area contributed by atoms with Gasteiger partial charge in [0.05, 0.1) is 13.2 Å². The van der Waals surface area contributed by atoms with Crippen molar-refractivity contribution in [2.45, 2.75) is 12.2 Å². The number of rotatable bonds is 5. The zero-order valence-corrected chi connectivity index (χ0v) is 8.97. The molecule has 80 valence electrons. The lowest BCUT2D eigenvalue weighted by Gasteiger charge is -2.05. The van der Waals surface area contributed by atoms with Crippen LogP contribution in [-0.4, -0.2) is 42.6 Å². The van der Waals surface area contributed by atoms with Gasteiger partial charge in [0.1, 0.15) is 6.61 Å². The molecule has 0 saturated carbocycles. The largest absolute Gasteiger partial charge is 0.370 e. The lowest BCUT2D eigenvalue weighted by molar-refractivity contribution is -0.122. The molecule has 0 bridgehead atoms. The fraction of sp³-hybridized carbons (Fsp3) is 0.750. The smallest absolute Gasteiger partial charge is 0.243 e. The molecule has 0 radical (unpaired) electrons. The predicted octanol–water partition coefficient (Wildman–Crippen LogP) is -0.431. The van der Waals surface area contributed by atoms with Crippen LogP contribution < -0.4 is 11.1 Å². The summed E-state index contributed by atoms with van der Waals surface area (Å²) < 4.78 is 4.98. The van der Waals surface area contributed by atoms with Crippen molar-refractivity contribution in [3.05, 3.63) is 0 Å². The third kappa shape index (κ3) is 4.48. The Labute approximate surface area is 87.5 Å². The summed E-state index contributed by atoms with van der Waals surface area (Å²) in [4.78, 5) is 14.6. The molecule has 0 aliphatic carbocycles. The average Bonchev–Trinajstić information content (AvgIpc) is 2.50. The summed E-state index contributed by atoms with van der Waals surface area (Å²) in [6.45, 7) is 4.11. The number of nitrogens with zero attached hydrogens (tertiary/aromatic N) is 1. The van der Waals surface area contributed by atoms with Gasteiger partial charge < -0.3 is 15.8 Å². The van der Waals surface area contributed by atoms with Crippen LogP contribution in [0.3, 0.4) is 0 Å². The van der Waals surface area contributed by atoms with Gasteiger partial charge in [-0.25, -0.2) is 0 Å². The normalized spacial score (nSPS) is 20.6. The van der Waals surface area contributed by atoms with Crippen molar-refractivity contribution in [1.29, 1.82) is 0 Å². The Morgan fingerprint density at radius 1 is 1.86 bits per heavy atom. The van der Waals surface area contributed by atoms with Gasteiger partial charge in [0.2, 0.25) is 5.91 Å². The van der Waals surface area contributed by atoms with Gasteiger partial charge in [-0.15, -0.1) is 0 Å². The Kier molecular flexibility index (Phi) is 4.75. The zero-order chi connectivity index (χ0) is 10.4. The number of primary amides is 1. The molecule has 1 heterocycles. The monoisotopic (exact) mass is 217 g/mol. The van der Waals surface area contributed by atoms with Gasteiger partial charge in [0.15, 0.2) is 5.17 Å². The number of carbonyl (C=O) groups is 1. The minimum atomic E-state index is -0.439. The first kappa shape index (κ1) is 11.3. The van der Waals surface area contributed by atoms with Crippen LogP contribution in [0.25, 0.3) is 0 Å². The van der Waals surface area contributed by atoms with Crippen molar-refractivity contribution >= 4 is 22.8 Å². The molecule has 0 spiro atoms. The summed E-state index contributed by atoms with van der Waals surface area (Å²) in [6, 6.07) is 0. The van der Waals surface area contributed by atoms with Crippen molar-refractivity contribution < 1.29 is 9.53 Å². The van der Waals surface area contributed by atoms with Gasteiger partial charge in [0.25, 0.3) is 0 Å². The highest BCUT2D eigenvalue weighted by Crippen LogP contribution is 2.17. The molecule has 3 N–H and O–H groups in total. The molecule has 0 aromatic heterocycles. The Morgan fingerprint density at radius 3 is 3.21 bits per heavy atom. The highest BCUT2D eigenvalue weighted by Gasteiger charge is 2.13. The molecule has 5 nitrogen and oxygen atoms in total. The molecule has 1 aliphatic rings. The first-order chi connectivity index (χ1) is 6.68. The van der Waals surface area contributed by atoms with Crippen LogP contribution in [0.15, 0.2) is 4.99 Å². The van der Waals surface area contributed by atoms with Crippen LogP contribution in [0.2, 0.25) is 0 Å². The van der Waals surface area contributed by atoms with E-state index in [2.05, 4.69) is 17.2 Å². The van der Waals surface area contributed by atoms with Crippen LogP contribution in [0.4, 0.5) is 0 Å². The SMILES string of the molecule is CC1CN=C(NCCOCC(N)=O)S1. The first-order valence-corrected chi connectivity index (χ1v) is 5.37. The molecule has 1 atom stereocenters. The fourth-order valence-corrected chi connectivity index (χ4v) is 1.84. The van der Waals surface area contributed by atoms with Crippen molar-refractivity contribution in [3.8, 4) is 0 Å². The molecule has 0 aromatic rings. The summed E-state index contributed by atoms with van der Waals surface area (Å²) in [5.41, 5.74) is 4.90. The second kappa shape index (κ2) is 5.87. The number of nitrogens with one attached hydrogen (secondary N) is 1. The zero-order valence-electron chi connectivity index (χ0n) is 8.16. The van der Waals surface area contributed by atoms with Gasteiger partial charge >= 0.3 is 0 Å². The summed E-state index contributed by atoms with van der Waals surface area (Å²) in [7, 11) is 0. The quantitative estimate of drug-likeness (QED) is 0.613. The van der Waals surface area contributed by atoms with Crippen LogP contribution in [0.5, 0.6) is 0 Å². The lowest BCUT2D eigenvalue weighted by atomic mass is 10.5. The maximum atomic E-state index is 10.3. The van der Waals surface area contributed by atoms with E-state index in [9.17, 15) is 4.79 Å². The van der Waals surface area contributed by atoms with E-state index in [1.807, 2.05) is 0 Å². The van der Waals surface area contributed by atoms with Crippen LogP contribution in [0.1, 0.15) is 6.92 Å². The van der Waals surface area contributed by atoms with Crippen molar-refractivity contribution in [2.75, 3.05) is 26.3 Å². The van der Waals surface area contributed by atoms with Gasteiger partial charge in [-0.2, -0.15) is 0 Å². The van der Waals surface area contributed by atoms with E-state index in [1.165, 1.54) is 0 Å². The minimum Gasteiger partial charge on any atom is -0.370 e. The van der Waals surface area contributed by atoms with E-state index in [4.69, 9.17) is 10.5 Å². The summed E-state index contributed by atoms with van der Waals surface area (Å²) in [5.74, 6) is -0.439. The Bertz CT molecular complexity index is 233. The summed E-state index contributed by atoms with van der Waals surface area (Å²) in [5, 5.41) is 4.64. The van der Waals surface area contributed by atoms with E-state index < -0.39 is 5.91 Å². The molecule has 1 unspecified atom stereocenters. The number of hydrogen-bond acceptors (Lipinski definition) is 5. The van der Waals surface area contributed by atoms with Crippen molar-refractivity contribution in [2.24, 2.45) is 10.7 Å². The number of thioether (sulfide) groups is 1. The maximum absolute atomic E-state index is 10.3. The van der Waals surface area contributed by atoms with Crippen LogP contribution >= 0.6 is 11.8 Å². The predicted molar refractivity (Wildman–Crippen MR) is 57.4 cm³/mol. The van der Waals surface area contributed by atoms with E-state index in [0.29, 0.717) is 18.4 Å². The first-order valence-electron chi connectivity index (χ1n) is 4.49. The van der Waals surface area contributed by atoms with E-state index in [0.717, 1.165) is 11.7 Å². The maximum Gasteiger partial charge on any atom is 0.243 e. The number of aliphatic imine (C=N–C) groups is 1. The fourth-order valence-electron chi connectivity index (χ4n) is 0.977. The standard InChI is InChI=1S/C8H15N3O2S/c1-6-4-11-8(14-6)10-2-3-13-5-7(9)12/h6H,2-5H2,1H3,(H2,9,12)(H,10,11). The number of nitrogens with two attached hydrogens (primary N) is 1. The molecular weight excluding hydrogens is 202 g/mol. The van der Waals surface area contributed by atoms with Crippen molar-refractivity contribution in [1.82, 2.24) is 5.32 Å². The molecule has 6 heteroatoms. The minimum absolute atomic E-state index is 0.0162. The summed E-state index contributed by atoms with van der Waals surface area (Å²) in [6.07, 6.45) is 0. The van der Waals surface area contributed by atoms with Crippen molar-refractivity contribution in [3.63, 3.8) is 0 Å². The van der Waals surface area contributed by atoms with Gasteiger partial charge in [0, 0.05) is 11.8 Å². The second-order valence-corrected chi connectivity index (χ2v) is 4.45. The Balaban J connectivity index is 1.97. The molecule has 0 saturated heterocycles. The number of ether oxygens (including phenoxy) is 1. The van der Waals surface area contributed by atoms with E-state index in [1.54, 1.807) is 11.8 Å². The topological polar surface area (TPSA) is 76.7 Å². The third-order valence-electron chi connectivity index (χ3n) is 1.57. The van der Waals surface area contributed by atoms with Gasteiger partial charge in [-0.3, -0.25) is 9.79 Å². The Morgan fingerprint density at radius 2 is 2.64 bits per heavy atom. The average molecular weight is 217 g/mol. The highest BCUT2D eigenvalue weighted by molar-refractivity contribution is 8.14. The number of hydrogen-bond donors (Lipinski definition) is 2. The number of amidine groups is 1. The number of carbonyl (C=O) groups excluding carboxylic acids is 1. The van der Waals surface area contributed by atoms with Gasteiger partial charge in [-0.1, -0.05) is 18.7 Å². The van der Waals surface area contributed by atoms with Crippen LogP contribution in [0, 0.1) is 0 Å². The molecule has 1 aliphatic heterocycles. The van der Waals surface area contributed by atoms with E-state index in [-0.39, 0.29) is 6.61 Å². The molecule has 0 aromatic carbocycles. The molecule has 1 rings (SSSR count).